The van der Waals surface area contributed by atoms with Crippen LogP contribution in [0.3, 0.4) is 0 Å². The number of aryl methyl sites for hydroxylation is 1. The molecular formula is C13H15N5O. The van der Waals surface area contributed by atoms with Crippen molar-refractivity contribution in [2.45, 2.75) is 6.92 Å². The van der Waals surface area contributed by atoms with Crippen LogP contribution in [0.2, 0.25) is 0 Å². The Kier molecular flexibility index (Phi) is 3.07. The molecule has 0 saturated heterocycles. The molecule has 1 N–H and O–H groups in total. The third-order valence-corrected chi connectivity index (χ3v) is 3.10. The molecule has 1 aromatic rings. The predicted molar refractivity (Wildman–Crippen MR) is 71.5 cm³/mol. The van der Waals surface area contributed by atoms with Gasteiger partial charge in [-0.25, -0.2) is 0 Å². The van der Waals surface area contributed by atoms with Crippen molar-refractivity contribution in [2.24, 2.45) is 7.05 Å². The molecule has 0 atom stereocenters. The molecular weight excluding hydrogens is 242 g/mol. The topological polar surface area (TPSA) is 68.1 Å². The molecule has 0 aliphatic carbocycles. The molecule has 6 heteroatoms. The molecule has 0 radical (unpaired) electrons. The molecule has 0 spiro atoms. The van der Waals surface area contributed by atoms with Crippen LogP contribution >= 0.6 is 0 Å². The van der Waals surface area contributed by atoms with Crippen molar-refractivity contribution in [3.05, 3.63) is 45.1 Å². The standard InChI is InChI=1S/C13H15N5O/c1-9-8-16(2)12(17(9)3)6-5-10-11(7-14)15-18(4)13(10)19/h5,8,15H,1-4H3. The van der Waals surface area contributed by atoms with Gasteiger partial charge in [0.05, 0.1) is 5.56 Å². The van der Waals surface area contributed by atoms with Gasteiger partial charge < -0.3 is 9.80 Å². The zero-order chi connectivity index (χ0) is 14.2. The van der Waals surface area contributed by atoms with Gasteiger partial charge in [-0.2, -0.15) is 5.26 Å². The highest BCUT2D eigenvalue weighted by atomic mass is 16.1. The summed E-state index contributed by atoms with van der Waals surface area (Å²) in [5, 5.41) is 11.7. The Morgan fingerprint density at radius 3 is 2.58 bits per heavy atom. The van der Waals surface area contributed by atoms with Gasteiger partial charge in [0.15, 0.2) is 5.82 Å². The number of H-pyrrole nitrogens is 1. The lowest BCUT2D eigenvalue weighted by Crippen LogP contribution is -2.17. The third kappa shape index (κ3) is 2.07. The van der Waals surface area contributed by atoms with Crippen LogP contribution in [-0.2, 0) is 7.05 Å². The minimum atomic E-state index is -0.238. The van der Waals surface area contributed by atoms with E-state index in [2.05, 4.69) is 10.8 Å². The number of hydrogen-bond acceptors (Lipinski definition) is 4. The van der Waals surface area contributed by atoms with E-state index in [1.165, 1.54) is 4.68 Å². The summed E-state index contributed by atoms with van der Waals surface area (Å²) in [6.07, 6.45) is 3.52. The molecule has 98 valence electrons. The van der Waals surface area contributed by atoms with Crippen molar-refractivity contribution < 1.29 is 0 Å². The quantitative estimate of drug-likeness (QED) is 0.755. The van der Waals surface area contributed by atoms with E-state index in [1.54, 1.807) is 13.1 Å². The Bertz CT molecular complexity index is 706. The van der Waals surface area contributed by atoms with Crippen molar-refractivity contribution in [2.75, 3.05) is 14.1 Å². The number of nitriles is 1. The first kappa shape index (κ1) is 12.8. The molecule has 2 rings (SSSR count). The van der Waals surface area contributed by atoms with Crippen LogP contribution in [0.15, 0.2) is 28.2 Å². The third-order valence-electron chi connectivity index (χ3n) is 3.10. The van der Waals surface area contributed by atoms with E-state index in [1.807, 2.05) is 43.1 Å². The maximum atomic E-state index is 11.8. The Morgan fingerprint density at radius 2 is 2.05 bits per heavy atom. The van der Waals surface area contributed by atoms with Gasteiger partial charge in [0, 0.05) is 33.0 Å². The lowest BCUT2D eigenvalue weighted by Gasteiger charge is -2.16. The van der Waals surface area contributed by atoms with Crippen LogP contribution in [-0.4, -0.2) is 33.7 Å². The SMILES string of the molecule is CC1=CN(C)C(=C=Cc2c(C#N)[nH]n(C)c2=O)N1C. The van der Waals surface area contributed by atoms with Crippen LogP contribution in [0.4, 0.5) is 0 Å². The van der Waals surface area contributed by atoms with Gasteiger partial charge in [-0.1, -0.05) is 5.73 Å². The monoisotopic (exact) mass is 257 g/mol. The second kappa shape index (κ2) is 4.56. The molecule has 1 aliphatic rings. The number of nitrogens with zero attached hydrogens (tertiary/aromatic N) is 4. The molecule has 0 bridgehead atoms. The summed E-state index contributed by atoms with van der Waals surface area (Å²) in [6.45, 7) is 1.99. The summed E-state index contributed by atoms with van der Waals surface area (Å²) in [5.74, 6) is 0.824. The zero-order valence-corrected chi connectivity index (χ0v) is 11.4. The van der Waals surface area contributed by atoms with Gasteiger partial charge >= 0.3 is 0 Å². The van der Waals surface area contributed by atoms with Crippen LogP contribution < -0.4 is 5.56 Å². The summed E-state index contributed by atoms with van der Waals surface area (Å²) in [7, 11) is 5.41. The fourth-order valence-electron chi connectivity index (χ4n) is 1.95. The van der Waals surface area contributed by atoms with E-state index in [9.17, 15) is 4.79 Å². The molecule has 1 aromatic heterocycles. The number of aromatic amines is 1. The highest BCUT2D eigenvalue weighted by Gasteiger charge is 2.17. The minimum absolute atomic E-state index is 0.238. The van der Waals surface area contributed by atoms with Gasteiger partial charge in [0.25, 0.3) is 5.56 Å². The van der Waals surface area contributed by atoms with Crippen LogP contribution in [0, 0.1) is 11.3 Å². The second-order valence-electron chi connectivity index (χ2n) is 4.43. The summed E-state index contributed by atoms with van der Waals surface area (Å²) in [6, 6.07) is 1.97. The van der Waals surface area contributed by atoms with E-state index >= 15 is 0 Å². The second-order valence-corrected chi connectivity index (χ2v) is 4.43. The maximum absolute atomic E-state index is 11.8. The fraction of sp³-hybridized carbons (Fsp3) is 0.308. The van der Waals surface area contributed by atoms with Crippen LogP contribution in [0.1, 0.15) is 18.2 Å². The highest BCUT2D eigenvalue weighted by Crippen LogP contribution is 2.20. The molecule has 0 amide bonds. The summed E-state index contributed by atoms with van der Waals surface area (Å²) < 4.78 is 1.28. The number of rotatable bonds is 1. The molecule has 0 unspecified atom stereocenters. The van der Waals surface area contributed by atoms with E-state index < -0.39 is 0 Å². The average Bonchev–Trinajstić information content (AvgIpc) is 2.78. The smallest absolute Gasteiger partial charge is 0.275 e. The van der Waals surface area contributed by atoms with Crippen molar-refractivity contribution in [1.29, 1.82) is 5.26 Å². The fourth-order valence-corrected chi connectivity index (χ4v) is 1.95. The summed E-state index contributed by atoms with van der Waals surface area (Å²) in [5.41, 5.74) is 4.48. The summed E-state index contributed by atoms with van der Waals surface area (Å²) >= 11 is 0. The molecule has 1 aliphatic heterocycles. The lowest BCUT2D eigenvalue weighted by molar-refractivity contribution is 0.435. The lowest BCUT2D eigenvalue weighted by atomic mass is 10.2. The minimum Gasteiger partial charge on any atom is -0.329 e. The average molecular weight is 257 g/mol. The first-order valence-corrected chi connectivity index (χ1v) is 5.76. The van der Waals surface area contributed by atoms with Crippen molar-refractivity contribution >= 4 is 6.08 Å². The molecule has 2 heterocycles. The van der Waals surface area contributed by atoms with Crippen LogP contribution in [0.5, 0.6) is 0 Å². The van der Waals surface area contributed by atoms with Gasteiger partial charge in [-0.15, -0.1) is 0 Å². The largest absolute Gasteiger partial charge is 0.329 e. The number of aromatic nitrogens is 2. The molecule has 6 nitrogen and oxygen atoms in total. The first-order valence-electron chi connectivity index (χ1n) is 5.76. The van der Waals surface area contributed by atoms with Gasteiger partial charge in [0.2, 0.25) is 0 Å². The van der Waals surface area contributed by atoms with Crippen molar-refractivity contribution in [3.8, 4) is 6.07 Å². The highest BCUT2D eigenvalue weighted by molar-refractivity contribution is 5.54. The molecule has 19 heavy (non-hydrogen) atoms. The van der Waals surface area contributed by atoms with Crippen molar-refractivity contribution in [3.63, 3.8) is 0 Å². The van der Waals surface area contributed by atoms with Gasteiger partial charge in [-0.05, 0) is 13.0 Å². The number of allylic oxidation sites excluding steroid dienone is 1. The Labute approximate surface area is 111 Å². The number of hydrogen-bond donors (Lipinski definition) is 1. The van der Waals surface area contributed by atoms with E-state index in [4.69, 9.17) is 5.26 Å². The van der Waals surface area contributed by atoms with Gasteiger partial charge in [-0.3, -0.25) is 14.6 Å². The van der Waals surface area contributed by atoms with Gasteiger partial charge in [0.1, 0.15) is 11.8 Å². The normalized spacial score (nSPS) is 14.3. The molecule has 0 aromatic carbocycles. The first-order chi connectivity index (χ1) is 8.95. The molecule has 0 saturated carbocycles. The molecule has 0 fully saturated rings. The summed E-state index contributed by atoms with van der Waals surface area (Å²) in [4.78, 5) is 15.7. The number of nitrogens with one attached hydrogen (secondary N) is 1. The maximum Gasteiger partial charge on any atom is 0.275 e. The van der Waals surface area contributed by atoms with Crippen LogP contribution in [0.25, 0.3) is 6.08 Å². The Hall–Kier alpha value is -2.64. The van der Waals surface area contributed by atoms with E-state index in [0.29, 0.717) is 5.56 Å². The van der Waals surface area contributed by atoms with E-state index in [-0.39, 0.29) is 11.3 Å². The predicted octanol–water partition coefficient (Wildman–Crippen LogP) is 0.777. The Balaban J connectivity index is 2.51. The Morgan fingerprint density at radius 1 is 1.37 bits per heavy atom. The van der Waals surface area contributed by atoms with Crippen molar-refractivity contribution in [1.82, 2.24) is 19.6 Å². The van der Waals surface area contributed by atoms with E-state index in [0.717, 1.165) is 11.5 Å². The zero-order valence-electron chi connectivity index (χ0n) is 11.4.